The van der Waals surface area contributed by atoms with Crippen molar-refractivity contribution in [1.82, 2.24) is 0 Å². The zero-order valence-electron chi connectivity index (χ0n) is 14.8. The smallest absolute Gasteiger partial charge is 0.344 e. The second kappa shape index (κ2) is 9.48. The van der Waals surface area contributed by atoms with Crippen LogP contribution in [0, 0.1) is 0 Å². The Hall–Kier alpha value is -2.44. The lowest BCUT2D eigenvalue weighted by molar-refractivity contribution is -0.142. The number of rotatable bonds is 8. The van der Waals surface area contributed by atoms with Gasteiger partial charge in [0, 0.05) is 5.56 Å². The molecule has 6 nitrogen and oxygen atoms in total. The molecule has 0 fully saturated rings. The number of aliphatic carboxylic acids is 1. The van der Waals surface area contributed by atoms with Gasteiger partial charge in [0.1, 0.15) is 11.5 Å². The van der Waals surface area contributed by atoms with Crippen molar-refractivity contribution in [2.75, 3.05) is 6.61 Å². The number of carboxylic acid groups (broad SMARTS) is 1. The van der Waals surface area contributed by atoms with E-state index >= 15 is 0 Å². The average molecular weight is 412 g/mol. The first-order valence-corrected chi connectivity index (χ1v) is 8.94. The molecule has 0 aliphatic rings. The number of phenolic OH excluding ortho intramolecular Hbond substituents is 1. The summed E-state index contributed by atoms with van der Waals surface area (Å²) in [6, 6.07) is 8.08. The number of phenols is 1. The summed E-state index contributed by atoms with van der Waals surface area (Å²) in [4.78, 5) is 15.0. The molecule has 0 aliphatic carbocycles. The van der Waals surface area contributed by atoms with Gasteiger partial charge in [-0.15, -0.1) is 0 Å². The standard InChI is InChI=1S/C19H19Cl2NO5/c1-3-11(2)14-8-13(4-5-17(14)23)27-19-15(20)6-12(7-16(19)21)9-22-26-10-18(24)25/h4-9,11,23H,3,10H2,1-2H3,(H,24,25)/b22-9-. The predicted octanol–water partition coefficient (Wildman–Crippen LogP) is 5.44. The fourth-order valence-electron chi connectivity index (χ4n) is 2.27. The minimum Gasteiger partial charge on any atom is -0.508 e. The van der Waals surface area contributed by atoms with Crippen LogP contribution in [-0.2, 0) is 9.63 Å². The molecule has 2 N–H and O–H groups in total. The molecule has 2 aromatic rings. The highest BCUT2D eigenvalue weighted by molar-refractivity contribution is 6.37. The van der Waals surface area contributed by atoms with Crippen LogP contribution >= 0.6 is 23.2 Å². The third kappa shape index (κ3) is 5.77. The molecule has 1 unspecified atom stereocenters. The van der Waals surface area contributed by atoms with Gasteiger partial charge in [-0.2, -0.15) is 0 Å². The van der Waals surface area contributed by atoms with Crippen molar-refractivity contribution in [3.05, 3.63) is 51.5 Å². The van der Waals surface area contributed by atoms with Gasteiger partial charge in [0.15, 0.2) is 5.75 Å². The fraction of sp³-hybridized carbons (Fsp3) is 0.263. The Labute approximate surface area is 166 Å². The molecule has 0 saturated heterocycles. The van der Waals surface area contributed by atoms with Crippen LogP contribution in [0.2, 0.25) is 10.0 Å². The minimum absolute atomic E-state index is 0.170. The lowest BCUT2D eigenvalue weighted by Crippen LogP contribution is -2.03. The van der Waals surface area contributed by atoms with Crippen molar-refractivity contribution in [2.45, 2.75) is 26.2 Å². The van der Waals surface area contributed by atoms with Gasteiger partial charge in [0.25, 0.3) is 0 Å². The second-order valence-electron chi connectivity index (χ2n) is 5.85. The van der Waals surface area contributed by atoms with Crippen molar-refractivity contribution < 1.29 is 24.6 Å². The number of hydrogen-bond acceptors (Lipinski definition) is 5. The largest absolute Gasteiger partial charge is 0.508 e. The molecule has 0 spiro atoms. The maximum atomic E-state index is 10.4. The van der Waals surface area contributed by atoms with Gasteiger partial charge < -0.3 is 19.8 Å². The molecule has 2 rings (SSSR count). The van der Waals surface area contributed by atoms with Gasteiger partial charge in [-0.05, 0) is 48.2 Å². The Morgan fingerprint density at radius 1 is 1.26 bits per heavy atom. The van der Waals surface area contributed by atoms with E-state index in [2.05, 4.69) is 9.99 Å². The van der Waals surface area contributed by atoms with Crippen LogP contribution in [0.5, 0.6) is 17.2 Å². The molecule has 1 atom stereocenters. The topological polar surface area (TPSA) is 88.4 Å². The monoisotopic (exact) mass is 411 g/mol. The molecule has 0 aromatic heterocycles. The number of benzene rings is 2. The Kier molecular flexibility index (Phi) is 7.33. The fourth-order valence-corrected chi connectivity index (χ4v) is 2.85. The molecule has 8 heteroatoms. The normalized spacial score (nSPS) is 12.1. The van der Waals surface area contributed by atoms with E-state index in [0.29, 0.717) is 11.3 Å². The number of oxime groups is 1. The summed E-state index contributed by atoms with van der Waals surface area (Å²) >= 11 is 12.5. The van der Waals surface area contributed by atoms with Crippen molar-refractivity contribution in [3.8, 4) is 17.2 Å². The summed E-state index contributed by atoms with van der Waals surface area (Å²) in [5, 5.41) is 22.5. The zero-order valence-corrected chi connectivity index (χ0v) is 16.3. The number of carbonyl (C=O) groups is 1. The summed E-state index contributed by atoms with van der Waals surface area (Å²) < 4.78 is 5.81. The summed E-state index contributed by atoms with van der Waals surface area (Å²) in [7, 11) is 0. The van der Waals surface area contributed by atoms with Crippen molar-refractivity contribution in [2.24, 2.45) is 5.16 Å². The van der Waals surface area contributed by atoms with Crippen molar-refractivity contribution in [3.63, 3.8) is 0 Å². The Morgan fingerprint density at radius 3 is 2.52 bits per heavy atom. The molecule has 2 aromatic carbocycles. The predicted molar refractivity (Wildman–Crippen MR) is 105 cm³/mol. The summed E-state index contributed by atoms with van der Waals surface area (Å²) in [5.41, 5.74) is 1.30. The van der Waals surface area contributed by atoms with E-state index in [9.17, 15) is 9.90 Å². The van der Waals surface area contributed by atoms with E-state index in [1.807, 2.05) is 13.8 Å². The van der Waals surface area contributed by atoms with E-state index in [1.165, 1.54) is 6.21 Å². The maximum absolute atomic E-state index is 10.4. The van der Waals surface area contributed by atoms with Crippen LogP contribution < -0.4 is 4.74 Å². The molecule has 144 valence electrons. The molecule has 0 aliphatic heterocycles. The first kappa shape index (κ1) is 20.9. The summed E-state index contributed by atoms with van der Waals surface area (Å²) in [6.45, 7) is 3.50. The van der Waals surface area contributed by atoms with Crippen LogP contribution in [0.25, 0.3) is 0 Å². The van der Waals surface area contributed by atoms with Crippen LogP contribution in [-0.4, -0.2) is 29.0 Å². The SMILES string of the molecule is CCC(C)c1cc(Oc2c(Cl)cc(/C=N\OCC(=O)O)cc2Cl)ccc1O. The van der Waals surface area contributed by atoms with Crippen LogP contribution in [0.4, 0.5) is 0 Å². The van der Waals surface area contributed by atoms with Crippen molar-refractivity contribution in [1.29, 1.82) is 0 Å². The zero-order chi connectivity index (χ0) is 20.0. The summed E-state index contributed by atoms with van der Waals surface area (Å²) in [5.74, 6) is 0.0177. The maximum Gasteiger partial charge on any atom is 0.344 e. The molecule has 27 heavy (non-hydrogen) atoms. The van der Waals surface area contributed by atoms with Crippen LogP contribution in [0.1, 0.15) is 37.3 Å². The van der Waals surface area contributed by atoms with E-state index in [4.69, 9.17) is 33.0 Å². The molecule has 0 radical (unpaired) electrons. The minimum atomic E-state index is -1.13. The van der Waals surface area contributed by atoms with E-state index in [0.717, 1.165) is 12.0 Å². The third-order valence-corrected chi connectivity index (χ3v) is 4.41. The van der Waals surface area contributed by atoms with Gasteiger partial charge in [0.05, 0.1) is 16.3 Å². The van der Waals surface area contributed by atoms with E-state index in [1.54, 1.807) is 30.3 Å². The van der Waals surface area contributed by atoms with Gasteiger partial charge in [0.2, 0.25) is 6.61 Å². The molecule has 0 heterocycles. The number of aromatic hydroxyl groups is 1. The van der Waals surface area contributed by atoms with Crippen molar-refractivity contribution >= 4 is 35.4 Å². The Balaban J connectivity index is 2.21. The average Bonchev–Trinajstić information content (AvgIpc) is 2.62. The molecular formula is C19H19Cl2NO5. The second-order valence-corrected chi connectivity index (χ2v) is 6.66. The van der Waals surface area contributed by atoms with Gasteiger partial charge in [-0.3, -0.25) is 0 Å². The van der Waals surface area contributed by atoms with Gasteiger partial charge >= 0.3 is 5.97 Å². The molecule has 0 amide bonds. The number of hydrogen-bond donors (Lipinski definition) is 2. The lowest BCUT2D eigenvalue weighted by Gasteiger charge is -2.15. The lowest BCUT2D eigenvalue weighted by atomic mass is 9.97. The van der Waals surface area contributed by atoms with E-state index < -0.39 is 12.6 Å². The van der Waals surface area contributed by atoms with Crippen LogP contribution in [0.3, 0.4) is 0 Å². The highest BCUT2D eigenvalue weighted by Crippen LogP contribution is 2.39. The first-order valence-electron chi connectivity index (χ1n) is 8.18. The number of halogens is 2. The van der Waals surface area contributed by atoms with Crippen LogP contribution in [0.15, 0.2) is 35.5 Å². The number of nitrogens with zero attached hydrogens (tertiary/aromatic N) is 1. The highest BCUT2D eigenvalue weighted by atomic mass is 35.5. The van der Waals surface area contributed by atoms with Gasteiger partial charge in [-0.25, -0.2) is 4.79 Å². The molecule has 0 saturated carbocycles. The first-order chi connectivity index (χ1) is 12.8. The molecular weight excluding hydrogens is 393 g/mol. The summed E-state index contributed by atoms with van der Waals surface area (Å²) in [6.07, 6.45) is 2.17. The highest BCUT2D eigenvalue weighted by Gasteiger charge is 2.14. The number of carboxylic acids is 1. The molecule has 0 bridgehead atoms. The van der Waals surface area contributed by atoms with E-state index in [-0.39, 0.29) is 27.5 Å². The quantitative estimate of drug-likeness (QED) is 0.445. The third-order valence-electron chi connectivity index (χ3n) is 3.85. The number of ether oxygens (including phenoxy) is 1. The Bertz CT molecular complexity index is 831. The Morgan fingerprint density at radius 2 is 1.93 bits per heavy atom. The van der Waals surface area contributed by atoms with Gasteiger partial charge in [-0.1, -0.05) is 42.2 Å².